The Morgan fingerprint density at radius 2 is 2.00 bits per heavy atom. The molecule has 0 spiro atoms. The van der Waals surface area contributed by atoms with Gasteiger partial charge in [0.2, 0.25) is 5.91 Å². The number of aryl methyl sites for hydroxylation is 1. The lowest BCUT2D eigenvalue weighted by Crippen LogP contribution is -2.48. The van der Waals surface area contributed by atoms with Crippen molar-refractivity contribution in [3.05, 3.63) is 58.3 Å². The molecule has 0 radical (unpaired) electrons. The average Bonchev–Trinajstić information content (AvgIpc) is 2.76. The fourth-order valence-corrected chi connectivity index (χ4v) is 4.38. The molecule has 0 bridgehead atoms. The van der Waals surface area contributed by atoms with Crippen LogP contribution in [0.1, 0.15) is 63.7 Å². The smallest absolute Gasteiger partial charge is 0.305 e. The van der Waals surface area contributed by atoms with Crippen LogP contribution in [0.5, 0.6) is 0 Å². The standard InChI is InChI=1S/C26H36N4O5/c1-17(2)10-22(30-7-6-18(3)11-23(30)31)25(34)28-21(13-24(32)33)19-12-20(15-27-14-19)29-8-9-35-26(4,5)16-29/h6-7,11-12,14-15,17,21-22H,8-10,13,16H2,1-5H3,(H,28,34)(H,32,33)/t21-,22?/m0/s1. The van der Waals surface area contributed by atoms with Crippen LogP contribution in [0.4, 0.5) is 5.69 Å². The second-order valence-corrected chi connectivity index (χ2v) is 10.3. The summed E-state index contributed by atoms with van der Waals surface area (Å²) in [5.74, 6) is -1.29. The molecule has 9 nitrogen and oxygen atoms in total. The molecule has 1 saturated heterocycles. The first-order chi connectivity index (χ1) is 16.4. The van der Waals surface area contributed by atoms with Crippen molar-refractivity contribution in [2.45, 2.75) is 65.1 Å². The molecule has 1 amide bonds. The first kappa shape index (κ1) is 26.4. The van der Waals surface area contributed by atoms with Crippen LogP contribution >= 0.6 is 0 Å². The highest BCUT2D eigenvalue weighted by molar-refractivity contribution is 5.81. The first-order valence-electron chi connectivity index (χ1n) is 12.0. The van der Waals surface area contributed by atoms with E-state index in [9.17, 15) is 19.5 Å². The van der Waals surface area contributed by atoms with Crippen molar-refractivity contribution >= 4 is 17.6 Å². The Morgan fingerprint density at radius 3 is 2.63 bits per heavy atom. The first-order valence-corrected chi connectivity index (χ1v) is 12.0. The third-order valence-corrected chi connectivity index (χ3v) is 6.07. The largest absolute Gasteiger partial charge is 0.481 e. The van der Waals surface area contributed by atoms with E-state index >= 15 is 0 Å². The number of rotatable bonds is 9. The molecular weight excluding hydrogens is 448 g/mol. The van der Waals surface area contributed by atoms with Gasteiger partial charge in [-0.15, -0.1) is 0 Å². The maximum atomic E-state index is 13.4. The Kier molecular flexibility index (Phi) is 8.32. The minimum atomic E-state index is -1.04. The van der Waals surface area contributed by atoms with Gasteiger partial charge in [-0.1, -0.05) is 13.8 Å². The molecule has 1 unspecified atom stereocenters. The number of hydrogen-bond acceptors (Lipinski definition) is 6. The summed E-state index contributed by atoms with van der Waals surface area (Å²) in [4.78, 5) is 44.3. The summed E-state index contributed by atoms with van der Waals surface area (Å²) in [5, 5.41) is 12.5. The summed E-state index contributed by atoms with van der Waals surface area (Å²) in [6.07, 6.45) is 5.08. The van der Waals surface area contributed by atoms with Crippen molar-refractivity contribution in [1.29, 1.82) is 0 Å². The molecule has 0 saturated carbocycles. The number of morpholine rings is 1. The molecule has 35 heavy (non-hydrogen) atoms. The molecule has 3 rings (SSSR count). The number of nitrogens with zero attached hydrogens (tertiary/aromatic N) is 3. The predicted molar refractivity (Wildman–Crippen MR) is 134 cm³/mol. The van der Waals surface area contributed by atoms with Crippen molar-refractivity contribution in [2.75, 3.05) is 24.6 Å². The van der Waals surface area contributed by atoms with Gasteiger partial charge in [-0.25, -0.2) is 0 Å². The number of ether oxygens (including phenoxy) is 1. The second kappa shape index (κ2) is 11.0. The number of anilines is 1. The van der Waals surface area contributed by atoms with Gasteiger partial charge in [0.15, 0.2) is 0 Å². The molecule has 2 atom stereocenters. The predicted octanol–water partition coefficient (Wildman–Crippen LogP) is 3.09. The summed E-state index contributed by atoms with van der Waals surface area (Å²) in [6.45, 7) is 11.8. The van der Waals surface area contributed by atoms with Crippen LogP contribution in [0.3, 0.4) is 0 Å². The van der Waals surface area contributed by atoms with E-state index in [4.69, 9.17) is 4.74 Å². The molecule has 2 aromatic heterocycles. The van der Waals surface area contributed by atoms with Crippen molar-refractivity contribution < 1.29 is 19.4 Å². The van der Waals surface area contributed by atoms with Crippen LogP contribution in [0, 0.1) is 12.8 Å². The van der Waals surface area contributed by atoms with Gasteiger partial charge < -0.3 is 24.6 Å². The van der Waals surface area contributed by atoms with E-state index in [-0.39, 0.29) is 23.5 Å². The van der Waals surface area contributed by atoms with Gasteiger partial charge in [-0.2, -0.15) is 0 Å². The van der Waals surface area contributed by atoms with E-state index in [0.29, 0.717) is 31.7 Å². The lowest BCUT2D eigenvalue weighted by Gasteiger charge is -2.39. The Bertz CT molecular complexity index is 1110. The maximum absolute atomic E-state index is 13.4. The molecule has 2 N–H and O–H groups in total. The summed E-state index contributed by atoms with van der Waals surface area (Å²) in [7, 11) is 0. The van der Waals surface area contributed by atoms with Crippen molar-refractivity contribution in [3.63, 3.8) is 0 Å². The monoisotopic (exact) mass is 484 g/mol. The summed E-state index contributed by atoms with van der Waals surface area (Å²) >= 11 is 0. The molecule has 0 aliphatic carbocycles. The molecule has 1 aliphatic heterocycles. The molecular formula is C26H36N4O5. The van der Waals surface area contributed by atoms with Gasteiger partial charge in [0.1, 0.15) is 6.04 Å². The Labute approximate surface area is 206 Å². The summed E-state index contributed by atoms with van der Waals surface area (Å²) in [6, 6.07) is 3.60. The highest BCUT2D eigenvalue weighted by Crippen LogP contribution is 2.27. The van der Waals surface area contributed by atoms with Gasteiger partial charge >= 0.3 is 5.97 Å². The quantitative estimate of drug-likeness (QED) is 0.562. The van der Waals surface area contributed by atoms with Crippen LogP contribution < -0.4 is 15.8 Å². The minimum Gasteiger partial charge on any atom is -0.481 e. The van der Waals surface area contributed by atoms with E-state index in [1.54, 1.807) is 24.7 Å². The Morgan fingerprint density at radius 1 is 1.26 bits per heavy atom. The van der Waals surface area contributed by atoms with E-state index in [1.807, 2.05) is 40.7 Å². The summed E-state index contributed by atoms with van der Waals surface area (Å²) < 4.78 is 7.21. The molecule has 0 aromatic carbocycles. The number of amides is 1. The van der Waals surface area contributed by atoms with Crippen molar-refractivity contribution in [3.8, 4) is 0 Å². The summed E-state index contributed by atoms with van der Waals surface area (Å²) in [5.41, 5.74) is 1.68. The maximum Gasteiger partial charge on any atom is 0.305 e. The molecule has 3 heterocycles. The Balaban J connectivity index is 1.89. The number of nitrogens with one attached hydrogen (secondary N) is 1. The number of carbonyl (C=O) groups is 2. The molecule has 2 aromatic rings. The van der Waals surface area contributed by atoms with Crippen LogP contribution in [0.15, 0.2) is 41.6 Å². The number of carboxylic acids is 1. The van der Waals surface area contributed by atoms with E-state index in [0.717, 1.165) is 11.3 Å². The molecule has 1 aliphatic rings. The van der Waals surface area contributed by atoms with Crippen LogP contribution in [-0.2, 0) is 14.3 Å². The van der Waals surface area contributed by atoms with Gasteiger partial charge in [0.05, 0.1) is 36.6 Å². The average molecular weight is 485 g/mol. The van der Waals surface area contributed by atoms with E-state index in [1.165, 1.54) is 10.6 Å². The lowest BCUT2D eigenvalue weighted by atomic mass is 10.00. The van der Waals surface area contributed by atoms with Crippen molar-refractivity contribution in [2.24, 2.45) is 5.92 Å². The molecule has 1 fully saturated rings. The van der Waals surface area contributed by atoms with Gasteiger partial charge in [0.25, 0.3) is 5.56 Å². The van der Waals surface area contributed by atoms with Gasteiger partial charge in [-0.05, 0) is 56.4 Å². The van der Waals surface area contributed by atoms with Crippen LogP contribution in [0.2, 0.25) is 0 Å². The zero-order chi connectivity index (χ0) is 25.8. The van der Waals surface area contributed by atoms with Gasteiger partial charge in [-0.3, -0.25) is 19.4 Å². The minimum absolute atomic E-state index is 0.145. The lowest BCUT2D eigenvalue weighted by molar-refractivity contribution is -0.138. The van der Waals surface area contributed by atoms with E-state index < -0.39 is 24.0 Å². The fourth-order valence-electron chi connectivity index (χ4n) is 4.38. The number of aliphatic carboxylic acids is 1. The topological polar surface area (TPSA) is 114 Å². The highest BCUT2D eigenvalue weighted by atomic mass is 16.5. The Hall–Kier alpha value is -3.20. The SMILES string of the molecule is Cc1ccn(C(CC(C)C)C(=O)N[C@@H](CC(=O)O)c2cncc(N3CCOC(C)(C)C3)c2)c(=O)c1. The third-order valence-electron chi connectivity index (χ3n) is 6.07. The van der Waals surface area contributed by atoms with Gasteiger partial charge in [0, 0.05) is 31.5 Å². The van der Waals surface area contributed by atoms with E-state index in [2.05, 4.69) is 15.2 Å². The van der Waals surface area contributed by atoms with Crippen LogP contribution in [-0.4, -0.2) is 51.8 Å². The number of pyridine rings is 2. The second-order valence-electron chi connectivity index (χ2n) is 10.3. The van der Waals surface area contributed by atoms with Crippen LogP contribution in [0.25, 0.3) is 0 Å². The number of hydrogen-bond donors (Lipinski definition) is 2. The number of carboxylic acid groups (broad SMARTS) is 1. The molecule has 9 heteroatoms. The highest BCUT2D eigenvalue weighted by Gasteiger charge is 2.29. The fraction of sp³-hybridized carbons (Fsp3) is 0.538. The molecule has 190 valence electrons. The zero-order valence-corrected chi connectivity index (χ0v) is 21.2. The number of carbonyl (C=O) groups excluding carboxylic acids is 1. The normalized spacial score (nSPS) is 17.1. The third kappa shape index (κ3) is 7.14. The zero-order valence-electron chi connectivity index (χ0n) is 21.2. The van der Waals surface area contributed by atoms with Crippen molar-refractivity contribution in [1.82, 2.24) is 14.9 Å². The number of aromatic nitrogens is 2.